The average molecular weight is 500 g/mol. The van der Waals surface area contributed by atoms with E-state index in [1.54, 1.807) is 27.1 Å². The van der Waals surface area contributed by atoms with Crippen molar-refractivity contribution < 1.29 is 18.0 Å². The van der Waals surface area contributed by atoms with E-state index in [1.165, 1.54) is 11.0 Å². The summed E-state index contributed by atoms with van der Waals surface area (Å²) >= 11 is 0. The second-order valence-corrected chi connectivity index (χ2v) is 6.22. The number of hydrogen-bond donors (Lipinski definition) is 2. The molecule has 0 aliphatic rings. The highest BCUT2D eigenvalue weighted by atomic mass is 127. The number of carbonyl (C=O) groups is 1. The van der Waals surface area contributed by atoms with E-state index in [-0.39, 0.29) is 36.4 Å². The highest BCUT2D eigenvalue weighted by Crippen LogP contribution is 2.30. The minimum Gasteiger partial charge on any atom is -0.356 e. The maximum absolute atomic E-state index is 12.9. The smallest absolute Gasteiger partial charge is 0.356 e. The molecule has 0 bridgehead atoms. The molecular weight excluding hydrogens is 472 g/mol. The fourth-order valence-electron chi connectivity index (χ4n) is 2.10. The summed E-state index contributed by atoms with van der Waals surface area (Å²) < 4.78 is 38.7. The van der Waals surface area contributed by atoms with Crippen molar-refractivity contribution in [2.24, 2.45) is 4.99 Å². The van der Waals surface area contributed by atoms with Gasteiger partial charge in [0.1, 0.15) is 6.54 Å². The Labute approximate surface area is 175 Å². The van der Waals surface area contributed by atoms with Crippen LogP contribution in [0.5, 0.6) is 0 Å². The predicted molar refractivity (Wildman–Crippen MR) is 112 cm³/mol. The molecule has 9 heteroatoms. The minimum atomic E-state index is -4.38. The lowest BCUT2D eigenvalue weighted by Gasteiger charge is -2.20. The molecule has 0 aliphatic carbocycles. The zero-order chi connectivity index (χ0) is 19.7. The number of nitrogens with zero attached hydrogens (tertiary/aromatic N) is 2. The molecule has 154 valence electrons. The van der Waals surface area contributed by atoms with Crippen LogP contribution in [0.15, 0.2) is 29.3 Å². The van der Waals surface area contributed by atoms with E-state index in [0.717, 1.165) is 25.0 Å². The number of guanidine groups is 1. The molecule has 1 rings (SSSR count). The number of aliphatic imine (C=N–C) groups is 1. The van der Waals surface area contributed by atoms with Gasteiger partial charge in [0.25, 0.3) is 0 Å². The van der Waals surface area contributed by atoms with Crippen LogP contribution in [0.25, 0.3) is 0 Å². The van der Waals surface area contributed by atoms with Gasteiger partial charge in [-0.2, -0.15) is 13.2 Å². The molecule has 0 spiro atoms. The zero-order valence-electron chi connectivity index (χ0n) is 16.1. The van der Waals surface area contributed by atoms with Crippen molar-refractivity contribution in [1.29, 1.82) is 0 Å². The molecule has 0 saturated heterocycles. The van der Waals surface area contributed by atoms with Gasteiger partial charge < -0.3 is 15.5 Å². The molecule has 1 amide bonds. The van der Waals surface area contributed by atoms with Crippen LogP contribution < -0.4 is 10.6 Å². The Morgan fingerprint density at radius 2 is 1.96 bits per heavy atom. The summed E-state index contributed by atoms with van der Waals surface area (Å²) in [4.78, 5) is 17.4. The fourth-order valence-corrected chi connectivity index (χ4v) is 2.10. The van der Waals surface area contributed by atoms with Crippen LogP contribution in [0.3, 0.4) is 0 Å². The number of hydrogen-bond acceptors (Lipinski definition) is 2. The molecule has 0 heterocycles. The highest BCUT2D eigenvalue weighted by molar-refractivity contribution is 14.0. The second-order valence-electron chi connectivity index (χ2n) is 6.22. The van der Waals surface area contributed by atoms with Crippen molar-refractivity contribution in [2.45, 2.75) is 38.9 Å². The number of unbranched alkanes of at least 4 members (excludes halogenated alkanes) is 1. The number of nitrogens with one attached hydrogen (secondary N) is 2. The minimum absolute atomic E-state index is 0. The Bertz CT molecular complexity index is 621. The maximum Gasteiger partial charge on any atom is 0.416 e. The third-order valence-electron chi connectivity index (χ3n) is 3.76. The lowest BCUT2D eigenvalue weighted by molar-refractivity contribution is -0.137. The number of amides is 1. The van der Waals surface area contributed by atoms with Gasteiger partial charge in [-0.05, 0) is 31.0 Å². The normalized spacial score (nSPS) is 12.8. The Balaban J connectivity index is 0.00000676. The number of rotatable bonds is 7. The van der Waals surface area contributed by atoms with Gasteiger partial charge in [-0.25, -0.2) is 4.99 Å². The van der Waals surface area contributed by atoms with Crippen molar-refractivity contribution >= 4 is 35.8 Å². The van der Waals surface area contributed by atoms with Crippen molar-refractivity contribution in [3.05, 3.63) is 35.4 Å². The first kappa shape index (κ1) is 25.5. The predicted octanol–water partition coefficient (Wildman–Crippen LogP) is 3.81. The second kappa shape index (κ2) is 12.0. The summed E-state index contributed by atoms with van der Waals surface area (Å²) in [6, 6.07) is 4.77. The van der Waals surface area contributed by atoms with Crippen LogP contribution in [-0.4, -0.2) is 44.0 Å². The van der Waals surface area contributed by atoms with E-state index in [0.29, 0.717) is 18.1 Å². The summed E-state index contributed by atoms with van der Waals surface area (Å²) in [5.74, 6) is 0.242. The fraction of sp³-hybridized carbons (Fsp3) is 0.556. The lowest BCUT2D eigenvalue weighted by atomic mass is 10.1. The highest BCUT2D eigenvalue weighted by Gasteiger charge is 2.30. The Hall–Kier alpha value is -1.52. The van der Waals surface area contributed by atoms with E-state index in [4.69, 9.17) is 0 Å². The topological polar surface area (TPSA) is 56.7 Å². The van der Waals surface area contributed by atoms with Crippen molar-refractivity contribution in [3.63, 3.8) is 0 Å². The number of halogens is 4. The molecule has 0 aliphatic heterocycles. The molecule has 1 unspecified atom stereocenters. The molecule has 27 heavy (non-hydrogen) atoms. The van der Waals surface area contributed by atoms with Gasteiger partial charge in [0.15, 0.2) is 5.96 Å². The summed E-state index contributed by atoms with van der Waals surface area (Å²) in [6.07, 6.45) is -2.48. The molecular formula is C18H28F3IN4O. The number of benzene rings is 1. The molecule has 1 aromatic carbocycles. The van der Waals surface area contributed by atoms with Gasteiger partial charge >= 0.3 is 6.18 Å². The van der Waals surface area contributed by atoms with E-state index in [1.807, 2.05) is 6.92 Å². The molecule has 0 saturated carbocycles. The van der Waals surface area contributed by atoms with Crippen LogP contribution in [0, 0.1) is 0 Å². The van der Waals surface area contributed by atoms with E-state index >= 15 is 0 Å². The van der Waals surface area contributed by atoms with Crippen LogP contribution in [0.1, 0.15) is 43.9 Å². The summed E-state index contributed by atoms with van der Waals surface area (Å²) in [5.41, 5.74) is -0.201. The Kier molecular flexibility index (Phi) is 11.4. The third kappa shape index (κ3) is 9.30. The van der Waals surface area contributed by atoms with Crippen LogP contribution in [-0.2, 0) is 11.0 Å². The van der Waals surface area contributed by atoms with Crippen molar-refractivity contribution in [2.75, 3.05) is 27.2 Å². The number of carbonyl (C=O) groups excluding carboxylic acids is 1. The Morgan fingerprint density at radius 3 is 2.52 bits per heavy atom. The first-order chi connectivity index (χ1) is 12.1. The molecule has 1 atom stereocenters. The zero-order valence-corrected chi connectivity index (χ0v) is 18.4. The van der Waals surface area contributed by atoms with E-state index in [9.17, 15) is 18.0 Å². The third-order valence-corrected chi connectivity index (χ3v) is 3.76. The van der Waals surface area contributed by atoms with Gasteiger partial charge in [-0.3, -0.25) is 4.79 Å². The van der Waals surface area contributed by atoms with Crippen LogP contribution in [0.4, 0.5) is 13.2 Å². The van der Waals surface area contributed by atoms with Gasteiger partial charge in [-0.15, -0.1) is 24.0 Å². The van der Waals surface area contributed by atoms with Gasteiger partial charge in [0, 0.05) is 20.6 Å². The van der Waals surface area contributed by atoms with Crippen molar-refractivity contribution in [1.82, 2.24) is 15.5 Å². The molecule has 5 nitrogen and oxygen atoms in total. The van der Waals surface area contributed by atoms with Gasteiger partial charge in [-0.1, -0.05) is 25.5 Å². The summed E-state index contributed by atoms with van der Waals surface area (Å²) in [7, 11) is 3.28. The standard InChI is InChI=1S/C18H27F3N4O.HI/c1-5-6-10-22-17(23-12-16(26)25(3)4)24-13(2)14-8-7-9-15(11-14)18(19,20)21;/h7-9,11,13H,5-6,10,12H2,1-4H3,(H2,22,23,24);1H. The molecule has 2 N–H and O–H groups in total. The first-order valence-electron chi connectivity index (χ1n) is 8.57. The van der Waals surface area contributed by atoms with E-state index < -0.39 is 17.8 Å². The van der Waals surface area contributed by atoms with Gasteiger partial charge in [0.05, 0.1) is 11.6 Å². The van der Waals surface area contributed by atoms with Crippen LogP contribution in [0.2, 0.25) is 0 Å². The maximum atomic E-state index is 12.9. The Morgan fingerprint density at radius 1 is 1.30 bits per heavy atom. The average Bonchev–Trinajstić information content (AvgIpc) is 2.58. The first-order valence-corrected chi connectivity index (χ1v) is 8.57. The van der Waals surface area contributed by atoms with Crippen LogP contribution >= 0.6 is 24.0 Å². The summed E-state index contributed by atoms with van der Waals surface area (Å²) in [5, 5.41) is 6.17. The summed E-state index contributed by atoms with van der Waals surface area (Å²) in [6.45, 7) is 4.42. The largest absolute Gasteiger partial charge is 0.416 e. The number of likely N-dealkylation sites (N-methyl/N-ethyl adjacent to an activating group) is 1. The monoisotopic (exact) mass is 500 g/mol. The SMILES string of the molecule is CCCCNC(=NCC(=O)N(C)C)NC(C)c1cccc(C(F)(F)F)c1.I. The molecule has 1 aromatic rings. The quantitative estimate of drug-likeness (QED) is 0.259. The van der Waals surface area contributed by atoms with Crippen molar-refractivity contribution in [3.8, 4) is 0 Å². The lowest BCUT2D eigenvalue weighted by Crippen LogP contribution is -2.40. The van der Waals surface area contributed by atoms with Gasteiger partial charge in [0.2, 0.25) is 5.91 Å². The number of alkyl halides is 3. The molecule has 0 radical (unpaired) electrons. The molecule has 0 aromatic heterocycles. The van der Waals surface area contributed by atoms with E-state index in [2.05, 4.69) is 15.6 Å². The molecule has 0 fully saturated rings.